The minimum Gasteiger partial charge on any atom is -0.478 e. The van der Waals surface area contributed by atoms with Crippen molar-refractivity contribution in [1.82, 2.24) is 0 Å². The van der Waals surface area contributed by atoms with Crippen LogP contribution in [0.5, 0.6) is 5.75 Å². The second kappa shape index (κ2) is 2.97. The van der Waals surface area contributed by atoms with Gasteiger partial charge < -0.3 is 15.2 Å². The SMILES string of the molecule is O=C(O)c1cc2c(cc1F)OC1(CC1)C(=O)N2. The summed E-state index contributed by atoms with van der Waals surface area (Å²) < 4.78 is 18.8. The van der Waals surface area contributed by atoms with E-state index in [1.54, 1.807) is 0 Å². The Labute approximate surface area is 95.2 Å². The van der Waals surface area contributed by atoms with E-state index in [4.69, 9.17) is 9.84 Å². The summed E-state index contributed by atoms with van der Waals surface area (Å²) >= 11 is 0. The monoisotopic (exact) mass is 237 g/mol. The van der Waals surface area contributed by atoms with Crippen LogP contribution in [0.2, 0.25) is 0 Å². The van der Waals surface area contributed by atoms with Crippen molar-refractivity contribution in [3.63, 3.8) is 0 Å². The van der Waals surface area contributed by atoms with Crippen LogP contribution in [-0.4, -0.2) is 22.6 Å². The number of ether oxygens (including phenoxy) is 1. The second-order valence-corrected chi connectivity index (χ2v) is 4.18. The number of halogens is 1. The average Bonchev–Trinajstić information content (AvgIpc) is 3.00. The van der Waals surface area contributed by atoms with Crippen LogP contribution in [0.4, 0.5) is 10.1 Å². The molecule has 1 amide bonds. The molecule has 6 heteroatoms. The molecule has 1 saturated carbocycles. The van der Waals surface area contributed by atoms with E-state index in [9.17, 15) is 14.0 Å². The molecule has 0 bridgehead atoms. The van der Waals surface area contributed by atoms with Crippen molar-refractivity contribution >= 4 is 17.6 Å². The minimum absolute atomic E-state index is 0.185. The lowest BCUT2D eigenvalue weighted by Gasteiger charge is -2.25. The highest BCUT2D eigenvalue weighted by atomic mass is 19.1. The summed E-state index contributed by atoms with van der Waals surface area (Å²) in [5.41, 5.74) is -1.14. The lowest BCUT2D eigenvalue weighted by molar-refractivity contribution is -0.125. The Morgan fingerprint density at radius 3 is 2.76 bits per heavy atom. The third-order valence-corrected chi connectivity index (χ3v) is 2.97. The highest BCUT2D eigenvalue weighted by Crippen LogP contribution is 2.47. The van der Waals surface area contributed by atoms with Gasteiger partial charge >= 0.3 is 5.97 Å². The quantitative estimate of drug-likeness (QED) is 0.773. The number of carboxylic acid groups (broad SMARTS) is 1. The van der Waals surface area contributed by atoms with Gasteiger partial charge in [0.05, 0.1) is 11.3 Å². The Kier molecular flexibility index (Phi) is 1.76. The smallest absolute Gasteiger partial charge is 0.338 e. The number of nitrogens with one attached hydrogen (secondary N) is 1. The number of amides is 1. The molecule has 1 aromatic carbocycles. The molecule has 0 saturated heterocycles. The van der Waals surface area contributed by atoms with Crippen LogP contribution < -0.4 is 10.1 Å². The molecule has 1 aliphatic heterocycles. The number of benzene rings is 1. The molecule has 17 heavy (non-hydrogen) atoms. The van der Waals surface area contributed by atoms with E-state index in [1.165, 1.54) is 0 Å². The summed E-state index contributed by atoms with van der Waals surface area (Å²) in [6.07, 6.45) is 1.20. The van der Waals surface area contributed by atoms with Crippen LogP contribution in [0, 0.1) is 5.82 Å². The molecule has 2 N–H and O–H groups in total. The molecule has 88 valence electrons. The van der Waals surface area contributed by atoms with Crippen molar-refractivity contribution in [2.45, 2.75) is 18.4 Å². The number of carbonyl (C=O) groups is 2. The molecule has 1 fully saturated rings. The molecule has 1 aromatic rings. The zero-order valence-electron chi connectivity index (χ0n) is 8.62. The van der Waals surface area contributed by atoms with Gasteiger partial charge in [0.25, 0.3) is 5.91 Å². The van der Waals surface area contributed by atoms with Gasteiger partial charge in [-0.05, 0) is 6.07 Å². The molecular weight excluding hydrogens is 229 g/mol. The van der Waals surface area contributed by atoms with Gasteiger partial charge in [-0.2, -0.15) is 0 Å². The van der Waals surface area contributed by atoms with Gasteiger partial charge in [-0.25, -0.2) is 9.18 Å². The van der Waals surface area contributed by atoms with Gasteiger partial charge in [-0.3, -0.25) is 4.79 Å². The number of carbonyl (C=O) groups excluding carboxylic acids is 1. The summed E-state index contributed by atoms with van der Waals surface area (Å²) in [5, 5.41) is 11.3. The van der Waals surface area contributed by atoms with Gasteiger partial charge in [-0.1, -0.05) is 0 Å². The Morgan fingerprint density at radius 1 is 1.47 bits per heavy atom. The van der Waals surface area contributed by atoms with E-state index in [-0.39, 0.29) is 17.3 Å². The van der Waals surface area contributed by atoms with Crippen molar-refractivity contribution in [1.29, 1.82) is 0 Å². The van der Waals surface area contributed by atoms with Gasteiger partial charge in [0, 0.05) is 18.9 Å². The Bertz CT molecular complexity index is 551. The van der Waals surface area contributed by atoms with Crippen molar-refractivity contribution in [2.24, 2.45) is 0 Å². The molecule has 1 heterocycles. The van der Waals surface area contributed by atoms with Crippen molar-refractivity contribution in [3.8, 4) is 5.75 Å². The van der Waals surface area contributed by atoms with Crippen molar-refractivity contribution in [2.75, 3.05) is 5.32 Å². The number of anilines is 1. The second-order valence-electron chi connectivity index (χ2n) is 4.18. The summed E-state index contributed by atoms with van der Waals surface area (Å²) in [7, 11) is 0. The number of hydrogen-bond acceptors (Lipinski definition) is 3. The van der Waals surface area contributed by atoms with Crippen LogP contribution in [0.3, 0.4) is 0 Å². The normalized spacial score (nSPS) is 19.2. The Morgan fingerprint density at radius 2 is 2.18 bits per heavy atom. The number of carboxylic acids is 1. The van der Waals surface area contributed by atoms with E-state index < -0.39 is 23.0 Å². The predicted molar refractivity (Wildman–Crippen MR) is 54.6 cm³/mol. The molecule has 0 unspecified atom stereocenters. The third kappa shape index (κ3) is 1.37. The molecule has 1 spiro atoms. The lowest BCUT2D eigenvalue weighted by atomic mass is 10.1. The first-order chi connectivity index (χ1) is 8.02. The fourth-order valence-corrected chi connectivity index (χ4v) is 1.84. The molecule has 5 nitrogen and oxygen atoms in total. The molecular formula is C11H8FNO4. The van der Waals surface area contributed by atoms with Crippen LogP contribution in [0.15, 0.2) is 12.1 Å². The zero-order valence-corrected chi connectivity index (χ0v) is 8.62. The number of rotatable bonds is 1. The van der Waals surface area contributed by atoms with E-state index in [2.05, 4.69) is 5.32 Å². The molecule has 0 radical (unpaired) electrons. The molecule has 3 rings (SSSR count). The topological polar surface area (TPSA) is 75.6 Å². The van der Waals surface area contributed by atoms with Crippen molar-refractivity contribution < 1.29 is 23.8 Å². The highest BCUT2D eigenvalue weighted by Gasteiger charge is 2.55. The van der Waals surface area contributed by atoms with Gasteiger partial charge in [0.15, 0.2) is 5.60 Å². The number of fused-ring (bicyclic) bond motifs is 1. The van der Waals surface area contributed by atoms with E-state index >= 15 is 0 Å². The van der Waals surface area contributed by atoms with Crippen molar-refractivity contribution in [3.05, 3.63) is 23.5 Å². The fraction of sp³-hybridized carbons (Fsp3) is 0.273. The minimum atomic E-state index is -1.38. The lowest BCUT2D eigenvalue weighted by Crippen LogP contribution is -2.39. The largest absolute Gasteiger partial charge is 0.478 e. The van der Waals surface area contributed by atoms with Crippen LogP contribution in [0.25, 0.3) is 0 Å². The summed E-state index contributed by atoms with van der Waals surface area (Å²) in [5.74, 6) is -2.37. The van der Waals surface area contributed by atoms with E-state index in [0.29, 0.717) is 12.8 Å². The molecule has 0 atom stereocenters. The first kappa shape index (κ1) is 10.1. The van der Waals surface area contributed by atoms with Crippen LogP contribution in [-0.2, 0) is 4.79 Å². The zero-order chi connectivity index (χ0) is 12.2. The summed E-state index contributed by atoms with van der Waals surface area (Å²) in [6, 6.07) is 2.07. The van der Waals surface area contributed by atoms with E-state index in [1.807, 2.05) is 0 Å². The highest BCUT2D eigenvalue weighted by molar-refractivity contribution is 6.03. The fourth-order valence-electron chi connectivity index (χ4n) is 1.84. The standard InChI is InChI=1S/C11H8FNO4/c12-6-4-8-7(3-5(6)9(14)15)13-10(16)11(17-8)1-2-11/h3-4H,1-2H2,(H,13,16)(H,14,15). The molecule has 1 aliphatic carbocycles. The number of hydrogen-bond donors (Lipinski definition) is 2. The third-order valence-electron chi connectivity index (χ3n) is 2.97. The average molecular weight is 237 g/mol. The summed E-state index contributed by atoms with van der Waals surface area (Å²) in [4.78, 5) is 22.4. The first-order valence-electron chi connectivity index (χ1n) is 5.09. The molecule has 0 aromatic heterocycles. The van der Waals surface area contributed by atoms with Crippen LogP contribution >= 0.6 is 0 Å². The predicted octanol–water partition coefficient (Wildman–Crippen LogP) is 1.39. The Balaban J connectivity index is 2.08. The Hall–Kier alpha value is -2.11. The number of aromatic carboxylic acids is 1. The van der Waals surface area contributed by atoms with Gasteiger partial charge in [0.1, 0.15) is 11.6 Å². The van der Waals surface area contributed by atoms with Crippen LogP contribution in [0.1, 0.15) is 23.2 Å². The van der Waals surface area contributed by atoms with E-state index in [0.717, 1.165) is 12.1 Å². The molecule has 2 aliphatic rings. The maximum atomic E-state index is 13.4. The van der Waals surface area contributed by atoms with Gasteiger partial charge in [0.2, 0.25) is 0 Å². The van der Waals surface area contributed by atoms with Gasteiger partial charge in [-0.15, -0.1) is 0 Å². The first-order valence-corrected chi connectivity index (χ1v) is 5.09. The maximum absolute atomic E-state index is 13.4. The summed E-state index contributed by atoms with van der Waals surface area (Å²) in [6.45, 7) is 0. The maximum Gasteiger partial charge on any atom is 0.338 e.